The molecule has 1 amide bonds. The van der Waals surface area contributed by atoms with Crippen molar-refractivity contribution in [2.45, 2.75) is 6.92 Å². The molecule has 138 valence electrons. The number of benzene rings is 2. The zero-order valence-corrected chi connectivity index (χ0v) is 15.0. The number of hydrogen-bond acceptors (Lipinski definition) is 6. The quantitative estimate of drug-likeness (QED) is 0.512. The number of aromatic nitrogens is 3. The van der Waals surface area contributed by atoms with Gasteiger partial charge in [-0.15, -0.1) is 0 Å². The second-order valence-electron chi connectivity index (χ2n) is 5.58. The van der Waals surface area contributed by atoms with Crippen LogP contribution in [0.25, 0.3) is 5.69 Å². The molecule has 0 spiro atoms. The first-order chi connectivity index (χ1) is 13.2. The normalized spacial score (nSPS) is 11.1. The summed E-state index contributed by atoms with van der Waals surface area (Å²) in [7, 11) is 1.59. The topological polar surface area (TPSA) is 90.6 Å². The van der Waals surface area contributed by atoms with E-state index in [9.17, 15) is 4.79 Å². The molecule has 1 N–H and O–H groups in total. The summed E-state index contributed by atoms with van der Waals surface area (Å²) in [6, 6.07) is 14.6. The maximum atomic E-state index is 11.9. The van der Waals surface area contributed by atoms with Gasteiger partial charge in [0, 0.05) is 0 Å². The maximum Gasteiger partial charge on any atom is 0.277 e. The van der Waals surface area contributed by atoms with E-state index in [0.29, 0.717) is 11.5 Å². The molecule has 8 nitrogen and oxygen atoms in total. The highest BCUT2D eigenvalue weighted by atomic mass is 16.5. The molecule has 0 bridgehead atoms. The Morgan fingerprint density at radius 3 is 2.44 bits per heavy atom. The van der Waals surface area contributed by atoms with Gasteiger partial charge in [0.05, 0.1) is 18.5 Å². The Balaban J connectivity index is 1.52. The van der Waals surface area contributed by atoms with Crippen molar-refractivity contribution in [3.63, 3.8) is 0 Å². The van der Waals surface area contributed by atoms with Crippen molar-refractivity contribution in [1.29, 1.82) is 0 Å². The zero-order valence-electron chi connectivity index (χ0n) is 15.0. The summed E-state index contributed by atoms with van der Waals surface area (Å²) in [4.78, 5) is 15.8. The smallest absolute Gasteiger partial charge is 0.277 e. The van der Waals surface area contributed by atoms with E-state index in [1.54, 1.807) is 42.4 Å². The summed E-state index contributed by atoms with van der Waals surface area (Å²) in [6.45, 7) is 1.68. The summed E-state index contributed by atoms with van der Waals surface area (Å²) in [5.74, 6) is 0.960. The van der Waals surface area contributed by atoms with E-state index >= 15 is 0 Å². The number of nitrogens with one attached hydrogen (secondary N) is 1. The molecule has 27 heavy (non-hydrogen) atoms. The van der Waals surface area contributed by atoms with Gasteiger partial charge in [-0.1, -0.05) is 12.1 Å². The highest BCUT2D eigenvalue weighted by molar-refractivity contribution is 5.99. The number of methoxy groups -OCH3 is 1. The lowest BCUT2D eigenvalue weighted by molar-refractivity contribution is -0.123. The van der Waals surface area contributed by atoms with Crippen LogP contribution >= 0.6 is 0 Å². The fourth-order valence-corrected chi connectivity index (χ4v) is 2.26. The van der Waals surface area contributed by atoms with E-state index < -0.39 is 0 Å². The first-order valence-corrected chi connectivity index (χ1v) is 8.21. The number of carbonyl (C=O) groups excluding carboxylic acids is 1. The molecular formula is C19H19N5O3. The van der Waals surface area contributed by atoms with Crippen LogP contribution in [0.15, 0.2) is 66.3 Å². The van der Waals surface area contributed by atoms with Gasteiger partial charge in [-0.3, -0.25) is 4.79 Å². The molecule has 0 fully saturated rings. The molecule has 1 aromatic heterocycles. The van der Waals surface area contributed by atoms with Gasteiger partial charge in [-0.05, 0) is 48.9 Å². The number of hydrogen-bond donors (Lipinski definition) is 1. The van der Waals surface area contributed by atoms with Crippen molar-refractivity contribution in [1.82, 2.24) is 20.2 Å². The molecule has 2 aromatic carbocycles. The van der Waals surface area contributed by atoms with Crippen molar-refractivity contribution >= 4 is 11.6 Å². The summed E-state index contributed by atoms with van der Waals surface area (Å²) >= 11 is 0. The Labute approximate surface area is 156 Å². The minimum atomic E-state index is -0.343. The third kappa shape index (κ3) is 4.91. The molecule has 0 aliphatic carbocycles. The van der Waals surface area contributed by atoms with Crippen LogP contribution in [0.3, 0.4) is 0 Å². The van der Waals surface area contributed by atoms with E-state index in [1.807, 2.05) is 31.2 Å². The fraction of sp³-hybridized carbons (Fsp3) is 0.158. The second-order valence-corrected chi connectivity index (χ2v) is 5.58. The third-order valence-electron chi connectivity index (χ3n) is 3.75. The van der Waals surface area contributed by atoms with Gasteiger partial charge in [-0.2, -0.15) is 10.2 Å². The average molecular weight is 365 g/mol. The molecule has 3 rings (SSSR count). The average Bonchev–Trinajstić information content (AvgIpc) is 3.26. The molecule has 0 unspecified atom stereocenters. The number of rotatable bonds is 7. The number of carbonyl (C=O) groups is 1. The Morgan fingerprint density at radius 1 is 1.11 bits per heavy atom. The lowest BCUT2D eigenvalue weighted by Crippen LogP contribution is -2.25. The van der Waals surface area contributed by atoms with Crippen molar-refractivity contribution in [2.75, 3.05) is 13.7 Å². The monoisotopic (exact) mass is 365 g/mol. The van der Waals surface area contributed by atoms with Gasteiger partial charge in [0.25, 0.3) is 5.91 Å². The highest BCUT2D eigenvalue weighted by Gasteiger charge is 2.04. The van der Waals surface area contributed by atoms with Gasteiger partial charge < -0.3 is 9.47 Å². The Bertz CT molecular complexity index is 904. The van der Waals surface area contributed by atoms with Crippen LogP contribution < -0.4 is 14.9 Å². The van der Waals surface area contributed by atoms with Gasteiger partial charge >= 0.3 is 0 Å². The largest absolute Gasteiger partial charge is 0.497 e. The lowest BCUT2D eigenvalue weighted by atomic mass is 10.1. The molecule has 0 aliphatic heterocycles. The molecule has 3 aromatic rings. The van der Waals surface area contributed by atoms with E-state index in [4.69, 9.17) is 9.47 Å². The lowest BCUT2D eigenvalue weighted by Gasteiger charge is -2.07. The van der Waals surface area contributed by atoms with E-state index in [2.05, 4.69) is 20.6 Å². The summed E-state index contributed by atoms with van der Waals surface area (Å²) < 4.78 is 12.1. The Kier molecular flexibility index (Phi) is 5.78. The molecule has 8 heteroatoms. The first kappa shape index (κ1) is 18.1. The van der Waals surface area contributed by atoms with Crippen LogP contribution in [-0.2, 0) is 4.79 Å². The number of hydrazone groups is 1. The van der Waals surface area contributed by atoms with Crippen molar-refractivity contribution in [2.24, 2.45) is 5.10 Å². The molecular weight excluding hydrogens is 346 g/mol. The maximum absolute atomic E-state index is 11.9. The van der Waals surface area contributed by atoms with Crippen LogP contribution in [-0.4, -0.2) is 40.1 Å². The molecule has 0 aliphatic rings. The SMILES string of the molecule is COc1ccc(OCC(=O)N/N=C(\C)c2ccc(-n3cncn3)cc2)cc1. The van der Waals surface area contributed by atoms with Gasteiger partial charge in [0.2, 0.25) is 0 Å². The summed E-state index contributed by atoms with van der Waals surface area (Å²) in [6.07, 6.45) is 3.10. The molecule has 1 heterocycles. The summed E-state index contributed by atoms with van der Waals surface area (Å²) in [5.41, 5.74) is 4.94. The van der Waals surface area contributed by atoms with Crippen LogP contribution in [0.1, 0.15) is 12.5 Å². The Hall–Kier alpha value is -3.68. The number of ether oxygens (including phenoxy) is 2. The minimum Gasteiger partial charge on any atom is -0.497 e. The van der Waals surface area contributed by atoms with Crippen LogP contribution in [0.5, 0.6) is 11.5 Å². The predicted molar refractivity (Wildman–Crippen MR) is 100 cm³/mol. The van der Waals surface area contributed by atoms with Crippen LogP contribution in [0.4, 0.5) is 0 Å². The van der Waals surface area contributed by atoms with Crippen molar-refractivity contribution < 1.29 is 14.3 Å². The molecule has 0 radical (unpaired) electrons. The third-order valence-corrected chi connectivity index (χ3v) is 3.75. The van der Waals surface area contributed by atoms with Crippen LogP contribution in [0.2, 0.25) is 0 Å². The van der Waals surface area contributed by atoms with Crippen molar-refractivity contribution in [3.05, 3.63) is 66.7 Å². The van der Waals surface area contributed by atoms with Gasteiger partial charge in [0.1, 0.15) is 24.2 Å². The predicted octanol–water partition coefficient (Wildman–Crippen LogP) is 2.20. The first-order valence-electron chi connectivity index (χ1n) is 8.21. The molecule has 0 saturated heterocycles. The standard InChI is InChI=1S/C19H19N5O3/c1-14(15-3-5-16(6-4-15)24-13-20-12-21-24)22-23-19(25)11-27-18-9-7-17(26-2)8-10-18/h3-10,12-13H,11H2,1-2H3,(H,23,25)/b22-14+. The second kappa shape index (κ2) is 8.61. The summed E-state index contributed by atoms with van der Waals surface area (Å²) in [5, 5.41) is 8.18. The highest BCUT2D eigenvalue weighted by Crippen LogP contribution is 2.16. The van der Waals surface area contributed by atoms with Gasteiger partial charge in [0.15, 0.2) is 6.61 Å². The zero-order chi connectivity index (χ0) is 19.1. The number of nitrogens with zero attached hydrogens (tertiary/aromatic N) is 4. The van der Waals surface area contributed by atoms with E-state index in [1.165, 1.54) is 6.33 Å². The number of amides is 1. The van der Waals surface area contributed by atoms with Crippen LogP contribution in [0, 0.1) is 0 Å². The van der Waals surface area contributed by atoms with E-state index in [-0.39, 0.29) is 12.5 Å². The van der Waals surface area contributed by atoms with E-state index in [0.717, 1.165) is 17.0 Å². The van der Waals surface area contributed by atoms with Gasteiger partial charge in [-0.25, -0.2) is 15.1 Å². The molecule has 0 saturated carbocycles. The Morgan fingerprint density at radius 2 is 1.81 bits per heavy atom. The van der Waals surface area contributed by atoms with Crippen molar-refractivity contribution in [3.8, 4) is 17.2 Å². The fourth-order valence-electron chi connectivity index (χ4n) is 2.26. The molecule has 0 atom stereocenters. The minimum absolute atomic E-state index is 0.131.